The highest BCUT2D eigenvalue weighted by Crippen LogP contribution is 2.12. The molecule has 0 amide bonds. The smallest absolute Gasteiger partial charge is 0.0436 e. The molecule has 0 radical (unpaired) electrons. The normalized spacial score (nSPS) is 13.2. The summed E-state index contributed by atoms with van der Waals surface area (Å²) < 4.78 is 0. The van der Waals surface area contributed by atoms with Crippen LogP contribution in [-0.4, -0.2) is 23.4 Å². The van der Waals surface area contributed by atoms with Crippen molar-refractivity contribution in [1.82, 2.24) is 0 Å². The Balaban J connectivity index is 3.37. The summed E-state index contributed by atoms with van der Waals surface area (Å²) in [6.07, 6.45) is 12.2. The zero-order valence-corrected chi connectivity index (χ0v) is 9.57. The van der Waals surface area contributed by atoms with Gasteiger partial charge < -0.3 is 10.2 Å². The summed E-state index contributed by atoms with van der Waals surface area (Å²) in [5, 5.41) is 17.4. The molecule has 2 N–H and O–H groups in total. The summed E-state index contributed by atoms with van der Waals surface area (Å²) in [7, 11) is 0. The van der Waals surface area contributed by atoms with E-state index in [-0.39, 0.29) is 6.61 Å². The van der Waals surface area contributed by atoms with Crippen LogP contribution in [0.3, 0.4) is 0 Å². The van der Waals surface area contributed by atoms with E-state index in [4.69, 9.17) is 10.2 Å². The maximum atomic E-state index is 8.78. The molecular formula is C13H24O2. The van der Waals surface area contributed by atoms with Gasteiger partial charge in [0.1, 0.15) is 0 Å². The second-order valence-corrected chi connectivity index (χ2v) is 3.78. The Kier molecular flexibility index (Phi) is 11.0. The van der Waals surface area contributed by atoms with Crippen molar-refractivity contribution >= 4 is 0 Å². The topological polar surface area (TPSA) is 40.5 Å². The summed E-state index contributed by atoms with van der Waals surface area (Å²) in [4.78, 5) is 0. The molecule has 0 bridgehead atoms. The lowest BCUT2D eigenvalue weighted by molar-refractivity contribution is 0.267. The molecule has 0 saturated carbocycles. The van der Waals surface area contributed by atoms with Gasteiger partial charge in [0.05, 0.1) is 0 Å². The molecule has 0 spiro atoms. The predicted octanol–water partition coefficient (Wildman–Crippen LogP) is 2.67. The van der Waals surface area contributed by atoms with Crippen LogP contribution in [-0.2, 0) is 0 Å². The fraction of sp³-hybridized carbons (Fsp3) is 0.692. The van der Waals surface area contributed by atoms with Crippen molar-refractivity contribution in [3.8, 4) is 0 Å². The summed E-state index contributed by atoms with van der Waals surface area (Å²) in [5.41, 5.74) is 0. The van der Waals surface area contributed by atoms with E-state index < -0.39 is 0 Å². The highest BCUT2D eigenvalue weighted by molar-refractivity contribution is 4.85. The molecule has 0 aliphatic heterocycles. The highest BCUT2D eigenvalue weighted by atomic mass is 16.3. The lowest BCUT2D eigenvalue weighted by Gasteiger charge is -2.07. The van der Waals surface area contributed by atoms with Gasteiger partial charge >= 0.3 is 0 Å². The Labute approximate surface area is 93.3 Å². The summed E-state index contributed by atoms with van der Waals surface area (Å²) in [6.45, 7) is 4.30. The number of allylic oxidation sites excluding steroid dienone is 3. The third-order valence-electron chi connectivity index (χ3n) is 2.48. The first-order valence-electron chi connectivity index (χ1n) is 5.84. The molecule has 0 aromatic carbocycles. The van der Waals surface area contributed by atoms with Crippen LogP contribution in [0.1, 0.15) is 38.5 Å². The van der Waals surface area contributed by atoms with Crippen LogP contribution in [0.25, 0.3) is 0 Å². The van der Waals surface area contributed by atoms with Crippen molar-refractivity contribution in [2.75, 3.05) is 13.2 Å². The van der Waals surface area contributed by atoms with E-state index in [0.717, 1.165) is 38.5 Å². The summed E-state index contributed by atoms with van der Waals surface area (Å²) in [5.74, 6) is 0.442. The van der Waals surface area contributed by atoms with Crippen LogP contribution in [0, 0.1) is 5.92 Å². The molecule has 2 nitrogen and oxygen atoms in total. The number of aliphatic hydroxyl groups excluding tert-OH is 2. The van der Waals surface area contributed by atoms with E-state index in [1.165, 1.54) is 0 Å². The van der Waals surface area contributed by atoms with Crippen LogP contribution in [0.2, 0.25) is 0 Å². The average Bonchev–Trinajstić information content (AvgIpc) is 2.26. The van der Waals surface area contributed by atoms with Crippen molar-refractivity contribution in [2.24, 2.45) is 5.92 Å². The minimum absolute atomic E-state index is 0.247. The molecule has 0 saturated heterocycles. The number of unbranched alkanes of at least 4 members (excludes halogenated alkanes) is 2. The SMILES string of the molecule is C=CC(CCO)CC/C=C/CCCCO. The zero-order valence-electron chi connectivity index (χ0n) is 9.57. The van der Waals surface area contributed by atoms with Gasteiger partial charge in [-0.15, -0.1) is 6.58 Å². The molecule has 15 heavy (non-hydrogen) atoms. The maximum Gasteiger partial charge on any atom is 0.0436 e. The van der Waals surface area contributed by atoms with E-state index in [9.17, 15) is 0 Å². The summed E-state index contributed by atoms with van der Waals surface area (Å²) in [6, 6.07) is 0. The fourth-order valence-electron chi connectivity index (χ4n) is 1.47. The standard InChI is InChI=1S/C13H24O2/c1-2-13(10-12-15)9-7-5-3-4-6-8-11-14/h2-3,5,13-15H,1,4,6-12H2/b5-3+. The lowest BCUT2D eigenvalue weighted by Crippen LogP contribution is -1.98. The molecule has 0 aliphatic rings. The van der Waals surface area contributed by atoms with Crippen molar-refractivity contribution in [3.63, 3.8) is 0 Å². The minimum Gasteiger partial charge on any atom is -0.396 e. The first-order valence-corrected chi connectivity index (χ1v) is 5.84. The monoisotopic (exact) mass is 212 g/mol. The van der Waals surface area contributed by atoms with Gasteiger partial charge in [0, 0.05) is 13.2 Å². The number of hydrogen-bond acceptors (Lipinski definition) is 2. The minimum atomic E-state index is 0.247. The molecule has 88 valence electrons. The highest BCUT2D eigenvalue weighted by Gasteiger charge is 2.00. The van der Waals surface area contributed by atoms with Gasteiger partial charge in [0.25, 0.3) is 0 Å². The number of rotatable bonds is 10. The van der Waals surface area contributed by atoms with Gasteiger partial charge in [-0.3, -0.25) is 0 Å². The Bertz CT molecular complexity index is 164. The van der Waals surface area contributed by atoms with E-state index in [2.05, 4.69) is 18.7 Å². The molecule has 0 heterocycles. The molecule has 0 aromatic heterocycles. The van der Waals surface area contributed by atoms with Gasteiger partial charge in [0.15, 0.2) is 0 Å². The zero-order chi connectivity index (χ0) is 11.4. The largest absolute Gasteiger partial charge is 0.396 e. The van der Waals surface area contributed by atoms with Crippen molar-refractivity contribution in [3.05, 3.63) is 24.8 Å². The molecule has 0 rings (SSSR count). The van der Waals surface area contributed by atoms with Gasteiger partial charge in [-0.2, -0.15) is 0 Å². The Hall–Kier alpha value is -0.600. The summed E-state index contributed by atoms with van der Waals surface area (Å²) >= 11 is 0. The van der Waals surface area contributed by atoms with E-state index >= 15 is 0 Å². The predicted molar refractivity (Wildman–Crippen MR) is 64.7 cm³/mol. The molecular weight excluding hydrogens is 188 g/mol. The first-order chi connectivity index (χ1) is 7.35. The van der Waals surface area contributed by atoms with Crippen LogP contribution >= 0.6 is 0 Å². The van der Waals surface area contributed by atoms with Crippen molar-refractivity contribution in [1.29, 1.82) is 0 Å². The number of hydrogen-bond donors (Lipinski definition) is 2. The number of aliphatic hydroxyl groups is 2. The lowest BCUT2D eigenvalue weighted by atomic mass is 10.00. The average molecular weight is 212 g/mol. The third kappa shape index (κ3) is 9.70. The molecule has 0 aliphatic carbocycles. The third-order valence-corrected chi connectivity index (χ3v) is 2.48. The molecule has 2 heteroatoms. The quantitative estimate of drug-likeness (QED) is 0.432. The molecule has 0 aromatic rings. The molecule has 1 atom stereocenters. The van der Waals surface area contributed by atoms with E-state index in [1.54, 1.807) is 0 Å². The first kappa shape index (κ1) is 14.4. The van der Waals surface area contributed by atoms with Crippen LogP contribution in [0.4, 0.5) is 0 Å². The van der Waals surface area contributed by atoms with Gasteiger partial charge in [-0.1, -0.05) is 18.2 Å². The van der Waals surface area contributed by atoms with Crippen molar-refractivity contribution in [2.45, 2.75) is 38.5 Å². The van der Waals surface area contributed by atoms with Crippen LogP contribution < -0.4 is 0 Å². The molecule has 1 unspecified atom stereocenters. The van der Waals surface area contributed by atoms with E-state index in [0.29, 0.717) is 12.5 Å². The van der Waals surface area contributed by atoms with Crippen LogP contribution in [0.5, 0.6) is 0 Å². The Morgan fingerprint density at radius 3 is 2.27 bits per heavy atom. The Morgan fingerprint density at radius 1 is 0.933 bits per heavy atom. The van der Waals surface area contributed by atoms with Gasteiger partial charge in [-0.05, 0) is 44.4 Å². The van der Waals surface area contributed by atoms with Crippen molar-refractivity contribution < 1.29 is 10.2 Å². The maximum absolute atomic E-state index is 8.78. The second kappa shape index (κ2) is 11.5. The fourth-order valence-corrected chi connectivity index (χ4v) is 1.47. The molecule has 0 fully saturated rings. The van der Waals surface area contributed by atoms with E-state index in [1.807, 2.05) is 6.08 Å². The Morgan fingerprint density at radius 2 is 1.67 bits per heavy atom. The van der Waals surface area contributed by atoms with Gasteiger partial charge in [-0.25, -0.2) is 0 Å². The van der Waals surface area contributed by atoms with Gasteiger partial charge in [0.2, 0.25) is 0 Å². The second-order valence-electron chi connectivity index (χ2n) is 3.78. The van der Waals surface area contributed by atoms with Crippen LogP contribution in [0.15, 0.2) is 24.8 Å².